The van der Waals surface area contributed by atoms with E-state index in [-0.39, 0.29) is 0 Å². The second kappa shape index (κ2) is 7.67. The van der Waals surface area contributed by atoms with Crippen molar-refractivity contribution in [3.8, 4) is 0 Å². The van der Waals surface area contributed by atoms with Gasteiger partial charge in [-0.1, -0.05) is 11.6 Å². The van der Waals surface area contributed by atoms with E-state index in [2.05, 4.69) is 14.8 Å². The lowest BCUT2D eigenvalue weighted by atomic mass is 9.91. The van der Waals surface area contributed by atoms with Crippen LogP contribution in [-0.4, -0.2) is 67.0 Å². The predicted octanol–water partition coefficient (Wildman–Crippen LogP) is 3.01. The Kier molecular flexibility index (Phi) is 5.16. The molecule has 2 atom stereocenters. The number of hydrogen-bond donors (Lipinski definition) is 0. The summed E-state index contributed by atoms with van der Waals surface area (Å²) < 4.78 is 23.5. The van der Waals surface area contributed by atoms with Crippen LogP contribution < -0.4 is 4.90 Å². The molecule has 0 N–H and O–H groups in total. The second-order valence-corrected chi connectivity index (χ2v) is 11.5. The van der Waals surface area contributed by atoms with Crippen LogP contribution in [0, 0.1) is 11.8 Å². The number of anilines is 1. The van der Waals surface area contributed by atoms with Crippen molar-refractivity contribution >= 4 is 38.3 Å². The molecule has 3 aliphatic heterocycles. The van der Waals surface area contributed by atoms with E-state index in [1.165, 1.54) is 12.8 Å². The van der Waals surface area contributed by atoms with Gasteiger partial charge in [0.15, 0.2) is 0 Å². The molecule has 3 aliphatic rings. The van der Waals surface area contributed by atoms with Crippen LogP contribution in [0.2, 0.25) is 5.02 Å². The molecule has 156 valence electrons. The highest BCUT2D eigenvalue weighted by Gasteiger charge is 2.40. The molecule has 1 aromatic carbocycles. The van der Waals surface area contributed by atoms with Gasteiger partial charge in [-0.3, -0.25) is 9.88 Å². The molecule has 29 heavy (non-hydrogen) atoms. The number of likely N-dealkylation sites (tertiary alicyclic amines) is 1. The third-order valence-electron chi connectivity index (χ3n) is 6.96. The Bertz CT molecular complexity index is 1000. The van der Waals surface area contributed by atoms with Gasteiger partial charge in [0.25, 0.3) is 0 Å². The lowest BCUT2D eigenvalue weighted by Gasteiger charge is -2.40. The molecule has 0 radical (unpaired) electrons. The summed E-state index contributed by atoms with van der Waals surface area (Å²) in [5.74, 6) is 2.92. The van der Waals surface area contributed by atoms with Crippen LogP contribution in [0.4, 0.5) is 5.82 Å². The third kappa shape index (κ3) is 4.09. The van der Waals surface area contributed by atoms with E-state index in [1.54, 1.807) is 0 Å². The normalized spacial score (nSPS) is 28.0. The molecule has 2 aromatic rings. The van der Waals surface area contributed by atoms with E-state index < -0.39 is 9.84 Å². The first-order chi connectivity index (χ1) is 14.0. The lowest BCUT2D eigenvalue weighted by Crippen LogP contribution is -2.49. The standard InChI is InChI=1S/C21H27ClN4O2S/c22-17-1-2-18-19(11-17)23-12-21(24-18)26-8-4-16-3-7-25(20(16)14-26)13-15-5-9-29(27,28)10-6-15/h1-2,11-12,15-16,20H,3-10,13-14H2. The summed E-state index contributed by atoms with van der Waals surface area (Å²) in [6, 6.07) is 6.17. The SMILES string of the molecule is O=S1(=O)CCC(CN2CCC3CCN(c4cnc5cc(Cl)ccc5n4)CC32)CC1. The summed E-state index contributed by atoms with van der Waals surface area (Å²) in [6.45, 7) is 4.16. The molecule has 1 aromatic heterocycles. The lowest BCUT2D eigenvalue weighted by molar-refractivity contribution is 0.175. The predicted molar refractivity (Wildman–Crippen MR) is 116 cm³/mol. The minimum absolute atomic E-state index is 0.364. The first kappa shape index (κ1) is 19.5. The first-order valence-corrected chi connectivity index (χ1v) is 12.8. The van der Waals surface area contributed by atoms with Crippen molar-refractivity contribution in [2.75, 3.05) is 42.6 Å². The number of halogens is 1. The van der Waals surface area contributed by atoms with E-state index in [0.717, 1.165) is 61.8 Å². The van der Waals surface area contributed by atoms with Crippen molar-refractivity contribution in [1.29, 1.82) is 0 Å². The maximum absolute atomic E-state index is 11.7. The highest BCUT2D eigenvalue weighted by Crippen LogP contribution is 2.35. The number of nitrogens with zero attached hydrogens (tertiary/aromatic N) is 4. The van der Waals surface area contributed by atoms with Gasteiger partial charge in [0.1, 0.15) is 15.7 Å². The zero-order valence-corrected chi connectivity index (χ0v) is 18.1. The van der Waals surface area contributed by atoms with E-state index >= 15 is 0 Å². The van der Waals surface area contributed by atoms with Crippen LogP contribution in [-0.2, 0) is 9.84 Å². The van der Waals surface area contributed by atoms with Crippen molar-refractivity contribution in [2.45, 2.75) is 31.7 Å². The van der Waals surface area contributed by atoms with Gasteiger partial charge in [-0.15, -0.1) is 0 Å². The van der Waals surface area contributed by atoms with Crippen LogP contribution in [0.1, 0.15) is 25.7 Å². The summed E-state index contributed by atoms with van der Waals surface area (Å²) in [4.78, 5) is 14.4. The maximum atomic E-state index is 11.7. The molecule has 2 unspecified atom stereocenters. The first-order valence-electron chi connectivity index (χ1n) is 10.6. The summed E-state index contributed by atoms with van der Waals surface area (Å²) in [5, 5.41) is 0.678. The average Bonchev–Trinajstić information content (AvgIpc) is 3.11. The fourth-order valence-electron chi connectivity index (χ4n) is 5.24. The fourth-order valence-corrected chi connectivity index (χ4v) is 7.00. The van der Waals surface area contributed by atoms with Crippen LogP contribution in [0.15, 0.2) is 24.4 Å². The summed E-state index contributed by atoms with van der Waals surface area (Å²) in [6.07, 6.45) is 5.94. The minimum Gasteiger partial charge on any atom is -0.354 e. The Morgan fingerprint density at radius 2 is 1.86 bits per heavy atom. The molecule has 8 heteroatoms. The van der Waals surface area contributed by atoms with Crippen LogP contribution in [0.3, 0.4) is 0 Å². The molecule has 3 fully saturated rings. The van der Waals surface area contributed by atoms with Gasteiger partial charge in [0.2, 0.25) is 0 Å². The van der Waals surface area contributed by atoms with Gasteiger partial charge in [0, 0.05) is 30.7 Å². The molecule has 0 saturated carbocycles. The van der Waals surface area contributed by atoms with Crippen LogP contribution in [0.25, 0.3) is 11.0 Å². The number of benzene rings is 1. The van der Waals surface area contributed by atoms with Crippen molar-refractivity contribution < 1.29 is 8.42 Å². The zero-order valence-electron chi connectivity index (χ0n) is 16.5. The maximum Gasteiger partial charge on any atom is 0.150 e. The van der Waals surface area contributed by atoms with Gasteiger partial charge in [-0.05, 0) is 62.3 Å². The number of rotatable bonds is 3. The molecular formula is C21H27ClN4O2S. The smallest absolute Gasteiger partial charge is 0.150 e. The molecule has 6 nitrogen and oxygen atoms in total. The van der Waals surface area contributed by atoms with E-state index in [1.807, 2.05) is 24.4 Å². The fraction of sp³-hybridized carbons (Fsp3) is 0.619. The third-order valence-corrected chi connectivity index (χ3v) is 8.91. The summed E-state index contributed by atoms with van der Waals surface area (Å²) >= 11 is 6.06. The molecule has 0 spiro atoms. The van der Waals surface area contributed by atoms with Crippen molar-refractivity contribution in [3.63, 3.8) is 0 Å². The Balaban J connectivity index is 1.28. The molecule has 0 bridgehead atoms. The van der Waals surface area contributed by atoms with E-state index in [4.69, 9.17) is 16.6 Å². The molecule has 4 heterocycles. The summed E-state index contributed by atoms with van der Waals surface area (Å²) in [7, 11) is -2.79. The van der Waals surface area contributed by atoms with Gasteiger partial charge in [-0.2, -0.15) is 0 Å². The molecule has 3 saturated heterocycles. The van der Waals surface area contributed by atoms with E-state index in [0.29, 0.717) is 28.5 Å². The quantitative estimate of drug-likeness (QED) is 0.739. The topological polar surface area (TPSA) is 66.4 Å². The highest BCUT2D eigenvalue weighted by atomic mass is 35.5. The van der Waals surface area contributed by atoms with Crippen molar-refractivity contribution in [1.82, 2.24) is 14.9 Å². The molecule has 0 aliphatic carbocycles. The molecule has 5 rings (SSSR count). The largest absolute Gasteiger partial charge is 0.354 e. The van der Waals surface area contributed by atoms with Gasteiger partial charge >= 0.3 is 0 Å². The number of fused-ring (bicyclic) bond motifs is 2. The Morgan fingerprint density at radius 3 is 2.69 bits per heavy atom. The second-order valence-electron chi connectivity index (χ2n) is 8.80. The monoisotopic (exact) mass is 434 g/mol. The van der Waals surface area contributed by atoms with Crippen LogP contribution >= 0.6 is 11.6 Å². The number of aromatic nitrogens is 2. The van der Waals surface area contributed by atoms with Gasteiger partial charge in [0.05, 0.1) is 28.7 Å². The zero-order chi connectivity index (χ0) is 20.0. The number of hydrogen-bond acceptors (Lipinski definition) is 6. The highest BCUT2D eigenvalue weighted by molar-refractivity contribution is 7.91. The van der Waals surface area contributed by atoms with Gasteiger partial charge < -0.3 is 4.90 Å². The van der Waals surface area contributed by atoms with Crippen LogP contribution in [0.5, 0.6) is 0 Å². The average molecular weight is 435 g/mol. The van der Waals surface area contributed by atoms with E-state index in [9.17, 15) is 8.42 Å². The minimum atomic E-state index is -2.79. The Labute approximate surface area is 177 Å². The van der Waals surface area contributed by atoms with Crippen molar-refractivity contribution in [3.05, 3.63) is 29.4 Å². The Morgan fingerprint density at radius 1 is 1.07 bits per heavy atom. The summed E-state index contributed by atoms with van der Waals surface area (Å²) in [5.41, 5.74) is 1.70. The number of sulfone groups is 1. The van der Waals surface area contributed by atoms with Crippen molar-refractivity contribution in [2.24, 2.45) is 11.8 Å². The molecule has 0 amide bonds. The number of piperidine rings is 1. The molecular weight excluding hydrogens is 408 g/mol. The Hall–Kier alpha value is -1.44. The van der Waals surface area contributed by atoms with Gasteiger partial charge in [-0.25, -0.2) is 13.4 Å².